The van der Waals surface area contributed by atoms with Crippen LogP contribution in [0.15, 0.2) is 194 Å². The number of fused-ring (bicyclic) bond motifs is 6. The van der Waals surface area contributed by atoms with Gasteiger partial charge in [-0.15, -0.1) is 0 Å². The predicted molar refractivity (Wildman–Crippen MR) is 232 cm³/mol. The number of halogens is 2. The van der Waals surface area contributed by atoms with Crippen LogP contribution in [-0.2, 0) is 0 Å². The highest BCUT2D eigenvalue weighted by atomic mass is 19.1. The van der Waals surface area contributed by atoms with Gasteiger partial charge in [-0.3, -0.25) is 0 Å². The molecule has 8 aromatic carbocycles. The molecule has 0 unspecified atom stereocenters. The van der Waals surface area contributed by atoms with Crippen LogP contribution in [0.4, 0.5) is 8.78 Å². The Morgan fingerprint density at radius 2 is 0.759 bits per heavy atom. The molecule has 4 nitrogen and oxygen atoms in total. The summed E-state index contributed by atoms with van der Waals surface area (Å²) in [4.78, 5) is 9.85. The van der Waals surface area contributed by atoms with Gasteiger partial charge >= 0.3 is 0 Å². The van der Waals surface area contributed by atoms with E-state index in [9.17, 15) is 8.78 Å². The van der Waals surface area contributed by atoms with E-state index in [4.69, 9.17) is 9.97 Å². The molecule has 0 bridgehead atoms. The molecule has 11 rings (SSSR count). The summed E-state index contributed by atoms with van der Waals surface area (Å²) in [6, 6.07) is 63.8. The highest BCUT2D eigenvalue weighted by Crippen LogP contribution is 2.38. The molecular formula is C52H32F2N4. The van der Waals surface area contributed by atoms with Crippen LogP contribution in [-0.4, -0.2) is 19.1 Å². The smallest absolute Gasteiger partial charge is 0.160 e. The van der Waals surface area contributed by atoms with Crippen LogP contribution in [0.5, 0.6) is 0 Å². The zero-order valence-corrected chi connectivity index (χ0v) is 31.0. The standard InChI is InChI=1S/C52H32F2N4/c53-38-22-14-33(15-23-38)46-32-47(34-16-24-39(54)25-17-34)56-52(55-46)35-18-26-41(27-19-35)58-48-12-6-4-10-42(48)44-28-20-37(31-51(44)58)36-21-29-50-45(30-36)43-11-5-7-13-49(43)57(50)40-8-2-1-3-9-40/h1-32H. The molecule has 6 heteroatoms. The minimum atomic E-state index is -0.321. The third-order valence-corrected chi connectivity index (χ3v) is 11.1. The quantitative estimate of drug-likeness (QED) is 0.170. The van der Waals surface area contributed by atoms with Crippen LogP contribution >= 0.6 is 0 Å². The van der Waals surface area contributed by atoms with E-state index in [2.05, 4.69) is 137 Å². The lowest BCUT2D eigenvalue weighted by Gasteiger charge is -2.12. The maximum atomic E-state index is 13.9. The normalized spacial score (nSPS) is 11.6. The van der Waals surface area contributed by atoms with Crippen LogP contribution in [0.2, 0.25) is 0 Å². The topological polar surface area (TPSA) is 35.6 Å². The first-order valence-electron chi connectivity index (χ1n) is 19.2. The summed E-state index contributed by atoms with van der Waals surface area (Å²) in [7, 11) is 0. The van der Waals surface area contributed by atoms with Crippen molar-refractivity contribution in [2.75, 3.05) is 0 Å². The van der Waals surface area contributed by atoms with Crippen molar-refractivity contribution in [3.05, 3.63) is 206 Å². The number of para-hydroxylation sites is 3. The summed E-state index contributed by atoms with van der Waals surface area (Å²) >= 11 is 0. The van der Waals surface area contributed by atoms with Crippen molar-refractivity contribution in [3.63, 3.8) is 0 Å². The second-order valence-corrected chi connectivity index (χ2v) is 14.5. The van der Waals surface area contributed by atoms with Gasteiger partial charge in [-0.05, 0) is 132 Å². The Hall–Kier alpha value is -7.70. The van der Waals surface area contributed by atoms with Gasteiger partial charge in [0.2, 0.25) is 0 Å². The molecule has 0 saturated heterocycles. The SMILES string of the molecule is Fc1ccc(-c2cc(-c3ccc(F)cc3)nc(-c3ccc(-n4c5ccccc5c5ccc(-c6ccc7c(c6)c6ccccc6n7-c6ccccc6)cc54)cc3)n2)cc1. The van der Waals surface area contributed by atoms with Gasteiger partial charge in [0.15, 0.2) is 5.82 Å². The van der Waals surface area contributed by atoms with Crippen LogP contribution < -0.4 is 0 Å². The molecule has 0 amide bonds. The minimum absolute atomic E-state index is 0.321. The number of hydrogen-bond acceptors (Lipinski definition) is 2. The molecule has 0 aliphatic rings. The zero-order chi connectivity index (χ0) is 38.7. The van der Waals surface area contributed by atoms with Crippen molar-refractivity contribution in [1.29, 1.82) is 0 Å². The first-order valence-corrected chi connectivity index (χ1v) is 19.2. The fourth-order valence-electron chi connectivity index (χ4n) is 8.31. The number of nitrogens with zero attached hydrogens (tertiary/aromatic N) is 4. The molecule has 0 aliphatic heterocycles. The van der Waals surface area contributed by atoms with Crippen molar-refractivity contribution >= 4 is 43.6 Å². The van der Waals surface area contributed by atoms with Gasteiger partial charge in [0, 0.05) is 49.6 Å². The Bertz CT molecular complexity index is 3270. The highest BCUT2D eigenvalue weighted by Gasteiger charge is 2.17. The van der Waals surface area contributed by atoms with Gasteiger partial charge in [-0.1, -0.05) is 72.8 Å². The molecule has 0 saturated carbocycles. The molecule has 0 atom stereocenters. The van der Waals surface area contributed by atoms with E-state index in [0.717, 1.165) is 50.2 Å². The molecule has 3 aromatic heterocycles. The molecule has 11 aromatic rings. The first kappa shape index (κ1) is 33.6. The van der Waals surface area contributed by atoms with E-state index in [1.54, 1.807) is 24.3 Å². The molecule has 0 spiro atoms. The maximum Gasteiger partial charge on any atom is 0.160 e. The lowest BCUT2D eigenvalue weighted by Crippen LogP contribution is -1.97. The lowest BCUT2D eigenvalue weighted by atomic mass is 10.0. The van der Waals surface area contributed by atoms with E-state index in [0.29, 0.717) is 17.2 Å². The average Bonchev–Trinajstić information content (AvgIpc) is 3.79. The maximum absolute atomic E-state index is 13.9. The molecule has 58 heavy (non-hydrogen) atoms. The lowest BCUT2D eigenvalue weighted by molar-refractivity contribution is 0.627. The van der Waals surface area contributed by atoms with Crippen LogP contribution in [0.1, 0.15) is 0 Å². The largest absolute Gasteiger partial charge is 0.309 e. The summed E-state index contributed by atoms with van der Waals surface area (Å²) < 4.78 is 32.4. The predicted octanol–water partition coefficient (Wildman–Crippen LogP) is 13.6. The van der Waals surface area contributed by atoms with Gasteiger partial charge in [0.1, 0.15) is 11.6 Å². The molecular weight excluding hydrogens is 719 g/mol. The second kappa shape index (κ2) is 13.5. The van der Waals surface area contributed by atoms with Crippen molar-refractivity contribution in [3.8, 4) is 56.4 Å². The van der Waals surface area contributed by atoms with E-state index < -0.39 is 0 Å². The number of benzene rings is 8. The molecule has 274 valence electrons. The van der Waals surface area contributed by atoms with Crippen molar-refractivity contribution < 1.29 is 8.78 Å². The number of rotatable bonds is 6. The van der Waals surface area contributed by atoms with E-state index in [1.807, 2.05) is 18.2 Å². The monoisotopic (exact) mass is 750 g/mol. The number of aromatic nitrogens is 4. The highest BCUT2D eigenvalue weighted by molar-refractivity contribution is 6.12. The Morgan fingerprint density at radius 1 is 0.310 bits per heavy atom. The summed E-state index contributed by atoms with van der Waals surface area (Å²) in [5.41, 5.74) is 12.6. The summed E-state index contributed by atoms with van der Waals surface area (Å²) in [5.74, 6) is -0.128. The Balaban J connectivity index is 1.03. The Kier molecular flexibility index (Phi) is 7.83. The molecule has 0 N–H and O–H groups in total. The van der Waals surface area contributed by atoms with Gasteiger partial charge in [-0.2, -0.15) is 0 Å². The summed E-state index contributed by atoms with van der Waals surface area (Å²) in [6.07, 6.45) is 0. The van der Waals surface area contributed by atoms with Crippen LogP contribution in [0, 0.1) is 11.6 Å². The third kappa shape index (κ3) is 5.65. The Labute approximate surface area is 332 Å². The van der Waals surface area contributed by atoms with Crippen LogP contribution in [0.3, 0.4) is 0 Å². The second-order valence-electron chi connectivity index (χ2n) is 14.5. The Morgan fingerprint density at radius 3 is 1.40 bits per heavy atom. The van der Waals surface area contributed by atoms with Gasteiger partial charge in [0.05, 0.1) is 33.5 Å². The molecule has 3 heterocycles. The van der Waals surface area contributed by atoms with Gasteiger partial charge in [0.25, 0.3) is 0 Å². The van der Waals surface area contributed by atoms with Gasteiger partial charge < -0.3 is 9.13 Å². The first-order chi connectivity index (χ1) is 28.6. The van der Waals surface area contributed by atoms with Crippen molar-refractivity contribution in [2.24, 2.45) is 0 Å². The zero-order valence-electron chi connectivity index (χ0n) is 31.0. The van der Waals surface area contributed by atoms with E-state index in [-0.39, 0.29) is 11.6 Å². The van der Waals surface area contributed by atoms with E-state index in [1.165, 1.54) is 56.8 Å². The molecule has 0 aliphatic carbocycles. The van der Waals surface area contributed by atoms with Crippen molar-refractivity contribution in [1.82, 2.24) is 19.1 Å². The molecule has 0 fully saturated rings. The van der Waals surface area contributed by atoms with Crippen molar-refractivity contribution in [2.45, 2.75) is 0 Å². The summed E-state index contributed by atoms with van der Waals surface area (Å²) in [5, 5.41) is 4.77. The van der Waals surface area contributed by atoms with E-state index >= 15 is 0 Å². The van der Waals surface area contributed by atoms with Crippen LogP contribution in [0.25, 0.3) is 100 Å². The fraction of sp³-hybridized carbons (Fsp3) is 0. The molecule has 0 radical (unpaired) electrons. The van der Waals surface area contributed by atoms with Gasteiger partial charge in [-0.25, -0.2) is 18.7 Å². The summed E-state index contributed by atoms with van der Waals surface area (Å²) in [6.45, 7) is 0. The fourth-order valence-corrected chi connectivity index (χ4v) is 8.31. The minimum Gasteiger partial charge on any atom is -0.309 e. The average molecular weight is 751 g/mol. The number of hydrogen-bond donors (Lipinski definition) is 0. The third-order valence-electron chi connectivity index (χ3n) is 11.1.